The Kier molecular flexibility index (Phi) is 3.21. The molecule has 0 spiro atoms. The van der Waals surface area contributed by atoms with Gasteiger partial charge in [-0.25, -0.2) is 0 Å². The average molecular weight is 234 g/mol. The Morgan fingerprint density at radius 2 is 2.00 bits per heavy atom. The van der Waals surface area contributed by atoms with E-state index >= 15 is 0 Å². The van der Waals surface area contributed by atoms with Gasteiger partial charge in [0.2, 0.25) is 0 Å². The third kappa shape index (κ3) is 1.95. The smallest absolute Gasteiger partial charge is 0.0827 e. The molecule has 1 aliphatic carbocycles. The molecule has 1 fully saturated rings. The molecule has 0 amide bonds. The van der Waals surface area contributed by atoms with Crippen LogP contribution >= 0.6 is 11.6 Å². The molecule has 1 aromatic carbocycles. The minimum atomic E-state index is -0.232. The van der Waals surface area contributed by atoms with Crippen molar-refractivity contribution >= 4 is 11.6 Å². The zero-order valence-corrected chi connectivity index (χ0v) is 10.3. The van der Waals surface area contributed by atoms with E-state index in [0.717, 1.165) is 29.3 Å². The highest BCUT2D eigenvalue weighted by atomic mass is 35.5. The van der Waals surface area contributed by atoms with Crippen LogP contribution in [0.15, 0.2) is 24.3 Å². The molecule has 2 rings (SSSR count). The van der Waals surface area contributed by atoms with Gasteiger partial charge < -0.3 is 0 Å². The fourth-order valence-electron chi connectivity index (χ4n) is 2.70. The van der Waals surface area contributed by atoms with Gasteiger partial charge in [-0.1, -0.05) is 43.5 Å². The van der Waals surface area contributed by atoms with Crippen LogP contribution in [0.5, 0.6) is 0 Å². The molecule has 0 saturated heterocycles. The van der Waals surface area contributed by atoms with Gasteiger partial charge in [-0.15, -0.1) is 0 Å². The first-order chi connectivity index (χ1) is 7.70. The lowest BCUT2D eigenvalue weighted by molar-refractivity contribution is 0.184. The first-order valence-corrected chi connectivity index (χ1v) is 6.25. The second kappa shape index (κ2) is 4.47. The average Bonchev–Trinajstić information content (AvgIpc) is 2.24. The summed E-state index contributed by atoms with van der Waals surface area (Å²) in [5.41, 5.74) is 0.900. The number of hydrogen-bond acceptors (Lipinski definition) is 1. The summed E-state index contributed by atoms with van der Waals surface area (Å²) in [6, 6.07) is 10.2. The van der Waals surface area contributed by atoms with E-state index in [-0.39, 0.29) is 5.41 Å². The van der Waals surface area contributed by atoms with Gasteiger partial charge in [0.25, 0.3) is 0 Å². The van der Waals surface area contributed by atoms with Crippen molar-refractivity contribution in [2.45, 2.75) is 38.0 Å². The van der Waals surface area contributed by atoms with Crippen LogP contribution in [0.4, 0.5) is 0 Å². The van der Waals surface area contributed by atoms with Crippen molar-refractivity contribution < 1.29 is 0 Å². The standard InChI is InChI=1S/C14H16ClN/c1-2-3-11-8-14(9-11,10-16)12-4-6-13(15)7-5-12/h4-7,11H,2-3,8-9H2,1H3. The van der Waals surface area contributed by atoms with Crippen molar-refractivity contribution in [1.82, 2.24) is 0 Å². The number of hydrogen-bond donors (Lipinski definition) is 0. The number of rotatable bonds is 3. The Morgan fingerprint density at radius 3 is 2.50 bits per heavy atom. The Labute approximate surface area is 102 Å². The fraction of sp³-hybridized carbons (Fsp3) is 0.500. The molecule has 0 unspecified atom stereocenters. The van der Waals surface area contributed by atoms with Gasteiger partial charge in [0.05, 0.1) is 11.5 Å². The summed E-state index contributed by atoms with van der Waals surface area (Å²) in [6.07, 6.45) is 4.49. The highest BCUT2D eigenvalue weighted by Gasteiger charge is 2.45. The number of halogens is 1. The summed E-state index contributed by atoms with van der Waals surface area (Å²) in [7, 11) is 0. The van der Waals surface area contributed by atoms with E-state index in [2.05, 4.69) is 13.0 Å². The second-order valence-electron chi connectivity index (χ2n) is 4.76. The Balaban J connectivity index is 2.14. The number of nitriles is 1. The van der Waals surface area contributed by atoms with Crippen molar-refractivity contribution in [3.8, 4) is 6.07 Å². The van der Waals surface area contributed by atoms with E-state index in [4.69, 9.17) is 11.6 Å². The second-order valence-corrected chi connectivity index (χ2v) is 5.20. The molecule has 0 bridgehead atoms. The summed E-state index contributed by atoms with van der Waals surface area (Å²) >= 11 is 5.86. The maximum Gasteiger partial charge on any atom is 0.0827 e. The van der Waals surface area contributed by atoms with Crippen LogP contribution in [0.25, 0.3) is 0 Å². The third-order valence-corrected chi connectivity index (χ3v) is 3.83. The van der Waals surface area contributed by atoms with Gasteiger partial charge in [0.15, 0.2) is 0 Å². The fourth-order valence-corrected chi connectivity index (χ4v) is 2.82. The van der Waals surface area contributed by atoms with Crippen molar-refractivity contribution in [2.24, 2.45) is 5.92 Å². The van der Waals surface area contributed by atoms with Crippen LogP contribution in [-0.2, 0) is 5.41 Å². The van der Waals surface area contributed by atoms with Crippen LogP contribution in [0.2, 0.25) is 5.02 Å². The molecule has 1 nitrogen and oxygen atoms in total. The van der Waals surface area contributed by atoms with Crippen LogP contribution in [-0.4, -0.2) is 0 Å². The highest BCUT2D eigenvalue weighted by molar-refractivity contribution is 6.30. The molecule has 0 atom stereocenters. The molecule has 2 heteroatoms. The highest BCUT2D eigenvalue weighted by Crippen LogP contribution is 2.49. The first kappa shape index (κ1) is 11.5. The monoisotopic (exact) mass is 233 g/mol. The van der Waals surface area contributed by atoms with Gasteiger partial charge in [-0.3, -0.25) is 0 Å². The molecule has 0 aromatic heterocycles. The Morgan fingerprint density at radius 1 is 1.38 bits per heavy atom. The van der Waals surface area contributed by atoms with Crippen molar-refractivity contribution in [2.75, 3.05) is 0 Å². The lowest BCUT2D eigenvalue weighted by atomic mass is 9.58. The van der Waals surface area contributed by atoms with Crippen LogP contribution in [0.1, 0.15) is 38.2 Å². The summed E-state index contributed by atoms with van der Waals surface area (Å²) < 4.78 is 0. The topological polar surface area (TPSA) is 23.8 Å². The predicted molar refractivity (Wildman–Crippen MR) is 66.4 cm³/mol. The lowest BCUT2D eigenvalue weighted by Crippen LogP contribution is -2.39. The summed E-state index contributed by atoms with van der Waals surface area (Å²) in [5.74, 6) is 0.736. The van der Waals surface area contributed by atoms with E-state index in [1.165, 1.54) is 12.8 Å². The van der Waals surface area contributed by atoms with E-state index in [1.54, 1.807) is 0 Å². The summed E-state index contributed by atoms with van der Waals surface area (Å²) in [6.45, 7) is 2.20. The van der Waals surface area contributed by atoms with Gasteiger partial charge in [-0.05, 0) is 36.5 Å². The molecule has 84 valence electrons. The molecule has 0 N–H and O–H groups in total. The lowest BCUT2D eigenvalue weighted by Gasteiger charge is -2.43. The van der Waals surface area contributed by atoms with E-state index in [0.29, 0.717) is 0 Å². The molecular formula is C14H16ClN. The number of benzene rings is 1. The molecule has 1 saturated carbocycles. The Hall–Kier alpha value is -1.00. The molecule has 0 radical (unpaired) electrons. The van der Waals surface area contributed by atoms with E-state index < -0.39 is 0 Å². The predicted octanol–water partition coefficient (Wildman–Crippen LogP) is 4.31. The molecular weight excluding hydrogens is 218 g/mol. The SMILES string of the molecule is CCCC1CC(C#N)(c2ccc(Cl)cc2)C1. The minimum Gasteiger partial charge on any atom is -0.197 e. The molecule has 1 aromatic rings. The zero-order valence-electron chi connectivity index (χ0n) is 9.54. The zero-order chi connectivity index (χ0) is 11.6. The van der Waals surface area contributed by atoms with Crippen LogP contribution < -0.4 is 0 Å². The number of nitrogens with zero attached hydrogens (tertiary/aromatic N) is 1. The third-order valence-electron chi connectivity index (χ3n) is 3.58. The molecule has 16 heavy (non-hydrogen) atoms. The van der Waals surface area contributed by atoms with Crippen molar-refractivity contribution in [3.63, 3.8) is 0 Å². The van der Waals surface area contributed by atoms with Crippen molar-refractivity contribution in [1.29, 1.82) is 5.26 Å². The summed E-state index contributed by atoms with van der Waals surface area (Å²) in [4.78, 5) is 0. The maximum absolute atomic E-state index is 9.36. The maximum atomic E-state index is 9.36. The first-order valence-electron chi connectivity index (χ1n) is 5.87. The molecule has 0 heterocycles. The molecule has 1 aliphatic rings. The largest absolute Gasteiger partial charge is 0.197 e. The quantitative estimate of drug-likeness (QED) is 0.763. The van der Waals surface area contributed by atoms with Crippen LogP contribution in [0.3, 0.4) is 0 Å². The van der Waals surface area contributed by atoms with Gasteiger partial charge in [0, 0.05) is 5.02 Å². The Bertz CT molecular complexity index is 396. The van der Waals surface area contributed by atoms with Crippen molar-refractivity contribution in [3.05, 3.63) is 34.9 Å². The minimum absolute atomic E-state index is 0.232. The van der Waals surface area contributed by atoms with Gasteiger partial charge in [-0.2, -0.15) is 5.26 Å². The van der Waals surface area contributed by atoms with Gasteiger partial charge >= 0.3 is 0 Å². The molecule has 0 aliphatic heterocycles. The normalized spacial score (nSPS) is 28.2. The van der Waals surface area contributed by atoms with Crippen LogP contribution in [0, 0.1) is 17.2 Å². The summed E-state index contributed by atoms with van der Waals surface area (Å²) in [5, 5.41) is 10.1. The van der Waals surface area contributed by atoms with E-state index in [9.17, 15) is 5.26 Å². The van der Waals surface area contributed by atoms with Gasteiger partial charge in [0.1, 0.15) is 0 Å². The van der Waals surface area contributed by atoms with E-state index in [1.807, 2.05) is 24.3 Å².